The lowest BCUT2D eigenvalue weighted by Gasteiger charge is -2.32. The number of hydrogen-bond donors (Lipinski definition) is 3. The average molecular weight is 598 g/mol. The number of nitrogens with zero attached hydrogens (tertiary/aromatic N) is 4. The van der Waals surface area contributed by atoms with Gasteiger partial charge in [-0.05, 0) is 40.5 Å². The smallest absolute Gasteiger partial charge is 0.326 e. The fourth-order valence-electron chi connectivity index (χ4n) is 4.08. The van der Waals surface area contributed by atoms with Crippen LogP contribution in [0.4, 0.5) is 5.82 Å². The topological polar surface area (TPSA) is 173 Å². The minimum Gasteiger partial charge on any atom is -0.465 e. The molecule has 4 N–H and O–H groups in total. The van der Waals surface area contributed by atoms with Crippen LogP contribution < -0.4 is 15.9 Å². The summed E-state index contributed by atoms with van der Waals surface area (Å²) in [5.41, 5.74) is 5.59. The summed E-state index contributed by atoms with van der Waals surface area (Å²) in [5, 5.41) is 5.78. The van der Waals surface area contributed by atoms with Gasteiger partial charge in [0.2, 0.25) is 7.44 Å². The van der Waals surface area contributed by atoms with E-state index in [1.807, 2.05) is 6.92 Å². The summed E-state index contributed by atoms with van der Waals surface area (Å²) in [6, 6.07) is -0.910. The van der Waals surface area contributed by atoms with E-state index in [0.717, 1.165) is 44.9 Å². The first kappa shape index (κ1) is 34.6. The number of nitrogen functional groups attached to an aromatic ring is 1. The number of nitrogens with two attached hydrogens (primary N) is 1. The maximum atomic E-state index is 14.2. The molecule has 232 valence electrons. The highest BCUT2D eigenvalue weighted by molar-refractivity contribution is 7.59. The highest BCUT2D eigenvalue weighted by atomic mass is 31.2. The number of nitrogens with one attached hydrogen (secondary N) is 2. The van der Waals surface area contributed by atoms with E-state index in [1.54, 1.807) is 31.7 Å². The summed E-state index contributed by atoms with van der Waals surface area (Å²) in [5.74, 6) is -0.800. The van der Waals surface area contributed by atoms with E-state index >= 15 is 0 Å². The standard InChI is InChI=1S/C27H48N7O6P/c1-7-9-11-13-15-39-26(36)27(5,6)33-41(37,32-21(4)25(35)38-14-12-10-8-2)19-40-20(3)16-34-18-31-22-23(28)29-17-30-24(22)34/h17-18,20-21H,7-16,19H2,1-6H3,(H2,28,29,30)(H2,32,33,37)/t20-,21-,41-/m1/s1. The van der Waals surface area contributed by atoms with Crippen LogP contribution in [0.5, 0.6) is 0 Å². The van der Waals surface area contributed by atoms with E-state index in [0.29, 0.717) is 17.7 Å². The van der Waals surface area contributed by atoms with Gasteiger partial charge in [0, 0.05) is 0 Å². The lowest BCUT2D eigenvalue weighted by Crippen LogP contribution is -2.50. The van der Waals surface area contributed by atoms with Crippen molar-refractivity contribution in [1.82, 2.24) is 29.7 Å². The average Bonchev–Trinajstić information content (AvgIpc) is 3.33. The highest BCUT2D eigenvalue weighted by Gasteiger charge is 2.39. The summed E-state index contributed by atoms with van der Waals surface area (Å²) in [6.45, 7) is 11.6. The Balaban J connectivity index is 2.10. The van der Waals surface area contributed by atoms with Crippen molar-refractivity contribution in [3.8, 4) is 0 Å². The number of ether oxygens (including phenoxy) is 3. The van der Waals surface area contributed by atoms with Crippen LogP contribution in [0.25, 0.3) is 11.2 Å². The van der Waals surface area contributed by atoms with Crippen LogP contribution in [0.1, 0.15) is 86.5 Å². The molecular formula is C27H48N7O6P. The normalized spacial score (nSPS) is 14.9. The van der Waals surface area contributed by atoms with Crippen molar-refractivity contribution >= 4 is 36.4 Å². The Hall–Kier alpha value is -2.60. The van der Waals surface area contributed by atoms with Gasteiger partial charge in [0.25, 0.3) is 0 Å². The first-order valence-corrected chi connectivity index (χ1v) is 16.3. The molecule has 2 heterocycles. The maximum Gasteiger partial charge on any atom is 0.326 e. The molecule has 0 unspecified atom stereocenters. The molecule has 13 nitrogen and oxygen atoms in total. The second-order valence-corrected chi connectivity index (χ2v) is 13.1. The predicted molar refractivity (Wildman–Crippen MR) is 158 cm³/mol. The van der Waals surface area contributed by atoms with E-state index in [1.165, 1.54) is 6.33 Å². The monoisotopic (exact) mass is 597 g/mol. The molecule has 0 spiro atoms. The predicted octanol–water partition coefficient (Wildman–Crippen LogP) is 4.17. The van der Waals surface area contributed by atoms with Crippen molar-refractivity contribution in [2.24, 2.45) is 0 Å². The molecule has 0 saturated carbocycles. The zero-order valence-corrected chi connectivity index (χ0v) is 26.2. The summed E-state index contributed by atoms with van der Waals surface area (Å²) < 4.78 is 32.7. The number of hydrogen-bond acceptors (Lipinski definition) is 10. The zero-order valence-electron chi connectivity index (χ0n) is 25.4. The summed E-state index contributed by atoms with van der Waals surface area (Å²) in [7, 11) is -3.69. The number of imidazole rings is 1. The van der Waals surface area contributed by atoms with Crippen molar-refractivity contribution in [3.05, 3.63) is 12.7 Å². The molecule has 0 radical (unpaired) electrons. The third kappa shape index (κ3) is 11.3. The molecule has 14 heteroatoms. The fraction of sp³-hybridized carbons (Fsp3) is 0.741. The lowest BCUT2D eigenvalue weighted by molar-refractivity contribution is -0.149. The highest BCUT2D eigenvalue weighted by Crippen LogP contribution is 2.40. The molecule has 0 aromatic carbocycles. The van der Waals surface area contributed by atoms with Gasteiger partial charge >= 0.3 is 11.9 Å². The molecule has 0 aliphatic carbocycles. The van der Waals surface area contributed by atoms with Crippen molar-refractivity contribution in [2.45, 2.75) is 111 Å². The molecule has 0 aliphatic rings. The molecule has 41 heavy (non-hydrogen) atoms. The van der Waals surface area contributed by atoms with Crippen LogP contribution in [0.15, 0.2) is 12.7 Å². The Morgan fingerprint density at radius 3 is 2.39 bits per heavy atom. The zero-order chi connectivity index (χ0) is 30.5. The van der Waals surface area contributed by atoms with Crippen molar-refractivity contribution in [3.63, 3.8) is 0 Å². The van der Waals surface area contributed by atoms with E-state index in [-0.39, 0.29) is 25.4 Å². The Labute approximate surface area is 243 Å². The van der Waals surface area contributed by atoms with E-state index in [2.05, 4.69) is 39.0 Å². The second-order valence-electron chi connectivity index (χ2n) is 10.8. The van der Waals surface area contributed by atoms with Gasteiger partial charge in [0.15, 0.2) is 11.5 Å². The largest absolute Gasteiger partial charge is 0.465 e. The number of rotatable bonds is 20. The third-order valence-electron chi connectivity index (χ3n) is 6.37. The molecule has 0 aliphatic heterocycles. The fourth-order valence-corrected chi connectivity index (χ4v) is 6.48. The van der Waals surface area contributed by atoms with Crippen LogP contribution in [-0.4, -0.2) is 68.7 Å². The first-order chi connectivity index (χ1) is 19.4. The van der Waals surface area contributed by atoms with Crippen molar-refractivity contribution < 1.29 is 28.4 Å². The SMILES string of the molecule is CCCCCCOC(=O)C(C)(C)N[P@@](=O)(CO[C@H](C)Cn1cnc2c(N)ncnc21)N[C@H](C)C(=O)OCCCCC. The second kappa shape index (κ2) is 16.7. The van der Waals surface area contributed by atoms with Crippen molar-refractivity contribution in [1.29, 1.82) is 0 Å². The maximum absolute atomic E-state index is 14.2. The summed E-state index contributed by atoms with van der Waals surface area (Å²) in [6.07, 6.45) is 8.75. The van der Waals surface area contributed by atoms with Gasteiger partial charge in [0.05, 0.1) is 32.2 Å². The molecule has 0 bridgehead atoms. The van der Waals surface area contributed by atoms with E-state index in [9.17, 15) is 14.2 Å². The summed E-state index contributed by atoms with van der Waals surface area (Å²) >= 11 is 0. The van der Waals surface area contributed by atoms with E-state index < -0.39 is 37.1 Å². The minimum atomic E-state index is -3.69. The Morgan fingerprint density at radius 2 is 1.68 bits per heavy atom. The Morgan fingerprint density at radius 1 is 1.02 bits per heavy atom. The molecule has 2 rings (SSSR count). The molecular weight excluding hydrogens is 549 g/mol. The minimum absolute atomic E-state index is 0.273. The number of anilines is 1. The summed E-state index contributed by atoms with van der Waals surface area (Å²) in [4.78, 5) is 38.0. The number of carbonyl (C=O) groups is 2. The Kier molecular flexibility index (Phi) is 14.1. The number of esters is 2. The number of fused-ring (bicyclic) bond motifs is 1. The van der Waals surface area contributed by atoms with Crippen LogP contribution in [0, 0.1) is 0 Å². The number of unbranched alkanes of at least 4 members (excludes halogenated alkanes) is 5. The van der Waals surface area contributed by atoms with E-state index in [4.69, 9.17) is 19.9 Å². The Bertz CT molecular complexity index is 1160. The van der Waals surface area contributed by atoms with Gasteiger partial charge in [-0.15, -0.1) is 0 Å². The first-order valence-electron chi connectivity index (χ1n) is 14.5. The number of aromatic nitrogens is 4. The third-order valence-corrected chi connectivity index (χ3v) is 8.61. The number of carbonyl (C=O) groups excluding carboxylic acids is 2. The molecule has 0 fully saturated rings. The van der Waals surface area contributed by atoms with Gasteiger partial charge < -0.3 is 24.5 Å². The van der Waals surface area contributed by atoms with Gasteiger partial charge in [-0.1, -0.05) is 46.0 Å². The van der Waals surface area contributed by atoms with Gasteiger partial charge in [-0.3, -0.25) is 14.2 Å². The van der Waals surface area contributed by atoms with Crippen LogP contribution in [-0.2, 0) is 34.9 Å². The van der Waals surface area contributed by atoms with Gasteiger partial charge in [-0.2, -0.15) is 0 Å². The molecule has 3 atom stereocenters. The molecule has 2 aromatic heterocycles. The van der Waals surface area contributed by atoms with Gasteiger partial charge in [0.1, 0.15) is 29.8 Å². The lowest BCUT2D eigenvalue weighted by atomic mass is 10.1. The molecule has 0 saturated heterocycles. The molecule has 2 aromatic rings. The van der Waals surface area contributed by atoms with Crippen LogP contribution >= 0.6 is 7.44 Å². The van der Waals surface area contributed by atoms with Crippen molar-refractivity contribution in [2.75, 3.05) is 25.3 Å². The van der Waals surface area contributed by atoms with Crippen LogP contribution in [0.2, 0.25) is 0 Å². The quantitative estimate of drug-likeness (QED) is 0.113. The van der Waals surface area contributed by atoms with Gasteiger partial charge in [-0.25, -0.2) is 25.1 Å². The molecule has 0 amide bonds. The van der Waals surface area contributed by atoms with Crippen LogP contribution in [0.3, 0.4) is 0 Å².